The summed E-state index contributed by atoms with van der Waals surface area (Å²) in [7, 11) is 0. The molecular formula is C22H45NO2. The topological polar surface area (TPSA) is 43.7 Å². The lowest BCUT2D eigenvalue weighted by atomic mass is 10.0. The monoisotopic (exact) mass is 355 g/mol. The number of nitrogens with zero attached hydrogens (tertiary/aromatic N) is 1. The van der Waals surface area contributed by atoms with Crippen molar-refractivity contribution in [2.24, 2.45) is 0 Å². The third kappa shape index (κ3) is 16.7. The SMILES string of the molecule is CCCCCCCCCCCCCCCCC=CN(C(C)O)C(C)O. The van der Waals surface area contributed by atoms with E-state index in [1.54, 1.807) is 18.7 Å². The Kier molecular flexibility index (Phi) is 17.9. The smallest absolute Gasteiger partial charge is 0.125 e. The molecule has 25 heavy (non-hydrogen) atoms. The zero-order valence-corrected chi connectivity index (χ0v) is 17.3. The van der Waals surface area contributed by atoms with Crippen molar-refractivity contribution in [3.8, 4) is 0 Å². The minimum absolute atomic E-state index is 0.646. The minimum Gasteiger partial charge on any atom is -0.374 e. The molecule has 0 bridgehead atoms. The van der Waals surface area contributed by atoms with Gasteiger partial charge in [0.1, 0.15) is 12.5 Å². The summed E-state index contributed by atoms with van der Waals surface area (Å²) in [5.41, 5.74) is 0. The minimum atomic E-state index is -0.646. The highest BCUT2D eigenvalue weighted by Crippen LogP contribution is 2.13. The second-order valence-electron chi connectivity index (χ2n) is 7.48. The summed E-state index contributed by atoms with van der Waals surface area (Å²) in [6, 6.07) is 0. The molecule has 3 nitrogen and oxygen atoms in total. The predicted molar refractivity (Wildman–Crippen MR) is 109 cm³/mol. The van der Waals surface area contributed by atoms with E-state index in [1.807, 2.05) is 6.20 Å². The normalized spacial score (nSPS) is 14.1. The molecule has 0 rings (SSSR count). The predicted octanol–water partition coefficient (Wildman–Crippen LogP) is 6.35. The Hall–Kier alpha value is -0.540. The molecule has 2 unspecified atom stereocenters. The largest absolute Gasteiger partial charge is 0.374 e. The van der Waals surface area contributed by atoms with Gasteiger partial charge >= 0.3 is 0 Å². The summed E-state index contributed by atoms with van der Waals surface area (Å²) in [6.45, 7) is 5.62. The first-order valence-corrected chi connectivity index (χ1v) is 10.9. The lowest BCUT2D eigenvalue weighted by Gasteiger charge is -2.26. The molecule has 0 aromatic carbocycles. The Morgan fingerprint density at radius 2 is 1.00 bits per heavy atom. The van der Waals surface area contributed by atoms with Gasteiger partial charge in [0.15, 0.2) is 0 Å². The first-order valence-electron chi connectivity index (χ1n) is 10.9. The fourth-order valence-corrected chi connectivity index (χ4v) is 3.21. The maximum atomic E-state index is 9.52. The van der Waals surface area contributed by atoms with Gasteiger partial charge in [-0.2, -0.15) is 0 Å². The quantitative estimate of drug-likeness (QED) is 0.222. The second kappa shape index (κ2) is 18.3. The molecule has 0 amide bonds. The molecule has 0 saturated carbocycles. The molecule has 0 spiro atoms. The van der Waals surface area contributed by atoms with Gasteiger partial charge in [-0.3, -0.25) is 0 Å². The Morgan fingerprint density at radius 1 is 0.640 bits per heavy atom. The van der Waals surface area contributed by atoms with Crippen LogP contribution in [0.2, 0.25) is 0 Å². The van der Waals surface area contributed by atoms with E-state index >= 15 is 0 Å². The fraction of sp³-hybridized carbons (Fsp3) is 0.909. The number of unbranched alkanes of at least 4 members (excludes halogenated alkanes) is 14. The van der Waals surface area contributed by atoms with Crippen molar-refractivity contribution in [1.29, 1.82) is 0 Å². The third-order valence-corrected chi connectivity index (χ3v) is 4.86. The van der Waals surface area contributed by atoms with Crippen molar-refractivity contribution in [2.45, 2.75) is 130 Å². The van der Waals surface area contributed by atoms with Crippen molar-refractivity contribution in [1.82, 2.24) is 4.90 Å². The Bertz CT molecular complexity index is 282. The highest BCUT2D eigenvalue weighted by molar-refractivity contribution is 4.83. The van der Waals surface area contributed by atoms with E-state index in [4.69, 9.17) is 0 Å². The lowest BCUT2D eigenvalue weighted by Crippen LogP contribution is -2.35. The van der Waals surface area contributed by atoms with E-state index in [0.29, 0.717) is 0 Å². The average Bonchev–Trinajstić information content (AvgIpc) is 2.57. The van der Waals surface area contributed by atoms with Crippen LogP contribution in [-0.2, 0) is 0 Å². The molecule has 0 aliphatic carbocycles. The van der Waals surface area contributed by atoms with Crippen molar-refractivity contribution < 1.29 is 10.2 Å². The maximum absolute atomic E-state index is 9.52. The molecule has 150 valence electrons. The summed E-state index contributed by atoms with van der Waals surface area (Å²) in [5, 5.41) is 19.0. The zero-order valence-electron chi connectivity index (χ0n) is 17.3. The van der Waals surface area contributed by atoms with Gasteiger partial charge in [0.05, 0.1) is 0 Å². The molecule has 3 heteroatoms. The Morgan fingerprint density at radius 3 is 1.36 bits per heavy atom. The van der Waals surface area contributed by atoms with Crippen LogP contribution in [-0.4, -0.2) is 27.6 Å². The molecule has 0 aliphatic rings. The van der Waals surface area contributed by atoms with E-state index in [-0.39, 0.29) is 0 Å². The van der Waals surface area contributed by atoms with Crippen molar-refractivity contribution in [3.05, 3.63) is 12.3 Å². The molecule has 0 fully saturated rings. The van der Waals surface area contributed by atoms with E-state index in [2.05, 4.69) is 13.0 Å². The Balaban J connectivity index is 3.29. The average molecular weight is 356 g/mol. The van der Waals surface area contributed by atoms with Crippen molar-refractivity contribution >= 4 is 0 Å². The molecule has 0 aromatic heterocycles. The van der Waals surface area contributed by atoms with Crippen LogP contribution in [0.25, 0.3) is 0 Å². The van der Waals surface area contributed by atoms with Crippen LogP contribution in [0.5, 0.6) is 0 Å². The lowest BCUT2D eigenvalue weighted by molar-refractivity contribution is -0.0513. The van der Waals surface area contributed by atoms with Gasteiger partial charge in [-0.15, -0.1) is 0 Å². The number of rotatable bonds is 18. The summed E-state index contributed by atoms with van der Waals surface area (Å²) >= 11 is 0. The molecule has 2 N–H and O–H groups in total. The third-order valence-electron chi connectivity index (χ3n) is 4.86. The summed E-state index contributed by atoms with van der Waals surface area (Å²) in [4.78, 5) is 1.56. The first-order chi connectivity index (χ1) is 12.1. The number of allylic oxidation sites excluding steroid dienone is 1. The maximum Gasteiger partial charge on any atom is 0.125 e. The fourth-order valence-electron chi connectivity index (χ4n) is 3.21. The van der Waals surface area contributed by atoms with E-state index in [9.17, 15) is 10.2 Å². The van der Waals surface area contributed by atoms with Gasteiger partial charge in [0.2, 0.25) is 0 Å². The van der Waals surface area contributed by atoms with E-state index in [1.165, 1.54) is 89.9 Å². The molecule has 0 radical (unpaired) electrons. The summed E-state index contributed by atoms with van der Waals surface area (Å²) in [5.74, 6) is 0. The molecule has 0 saturated heterocycles. The van der Waals surface area contributed by atoms with Gasteiger partial charge in [-0.25, -0.2) is 0 Å². The van der Waals surface area contributed by atoms with E-state index in [0.717, 1.165) is 6.42 Å². The molecule has 0 aliphatic heterocycles. The van der Waals surface area contributed by atoms with Gasteiger partial charge in [0, 0.05) is 6.20 Å². The molecule has 0 aromatic rings. The number of hydrogen-bond donors (Lipinski definition) is 2. The van der Waals surface area contributed by atoms with Gasteiger partial charge in [-0.05, 0) is 26.7 Å². The van der Waals surface area contributed by atoms with Crippen molar-refractivity contribution in [2.75, 3.05) is 0 Å². The summed E-state index contributed by atoms with van der Waals surface area (Å²) in [6.07, 6.45) is 22.9. The van der Waals surface area contributed by atoms with Crippen LogP contribution in [0.1, 0.15) is 117 Å². The second-order valence-corrected chi connectivity index (χ2v) is 7.48. The van der Waals surface area contributed by atoms with Crippen LogP contribution in [0.15, 0.2) is 12.3 Å². The van der Waals surface area contributed by atoms with Crippen LogP contribution >= 0.6 is 0 Å². The van der Waals surface area contributed by atoms with Crippen LogP contribution in [0.3, 0.4) is 0 Å². The Labute approximate surface area is 157 Å². The van der Waals surface area contributed by atoms with Crippen molar-refractivity contribution in [3.63, 3.8) is 0 Å². The van der Waals surface area contributed by atoms with Crippen LogP contribution < -0.4 is 0 Å². The van der Waals surface area contributed by atoms with Gasteiger partial charge in [-0.1, -0.05) is 96.5 Å². The number of aliphatic hydroxyl groups excluding tert-OH is 2. The van der Waals surface area contributed by atoms with Crippen LogP contribution in [0.4, 0.5) is 0 Å². The zero-order chi connectivity index (χ0) is 18.8. The number of hydrogen-bond acceptors (Lipinski definition) is 3. The highest BCUT2D eigenvalue weighted by atomic mass is 16.3. The highest BCUT2D eigenvalue weighted by Gasteiger charge is 2.10. The van der Waals surface area contributed by atoms with E-state index < -0.39 is 12.5 Å². The van der Waals surface area contributed by atoms with Crippen LogP contribution in [0, 0.1) is 0 Å². The van der Waals surface area contributed by atoms with Gasteiger partial charge < -0.3 is 15.1 Å². The molecule has 0 heterocycles. The van der Waals surface area contributed by atoms with Gasteiger partial charge in [0.25, 0.3) is 0 Å². The standard InChI is InChI=1S/C22H45NO2/c1-4-5-6-7-8-9-10-11-12-13-14-15-16-17-18-19-20-23(21(2)24)22(3)25/h19-22,24-25H,4-18H2,1-3H3. The number of aliphatic hydroxyl groups is 2. The first kappa shape index (κ1) is 24.5. The molecular weight excluding hydrogens is 310 g/mol. The molecule has 2 atom stereocenters. The summed E-state index contributed by atoms with van der Waals surface area (Å²) < 4.78 is 0.